The van der Waals surface area contributed by atoms with Gasteiger partial charge in [-0.05, 0) is 12.8 Å². The van der Waals surface area contributed by atoms with Crippen molar-refractivity contribution in [3.63, 3.8) is 0 Å². The van der Waals surface area contributed by atoms with Crippen LogP contribution in [0.1, 0.15) is 12.8 Å². The Morgan fingerprint density at radius 2 is 1.54 bits per heavy atom. The normalized spacial score (nSPS) is 49.9. The van der Waals surface area contributed by atoms with Crippen LogP contribution in [0.4, 0.5) is 0 Å². The van der Waals surface area contributed by atoms with Crippen LogP contribution in [-0.2, 0) is 10.0 Å². The number of nitrogens with zero attached hydrogens (tertiary/aromatic N) is 1. The van der Waals surface area contributed by atoms with E-state index < -0.39 is 10.0 Å². The van der Waals surface area contributed by atoms with Crippen LogP contribution in [0, 0.1) is 0 Å². The van der Waals surface area contributed by atoms with Crippen molar-refractivity contribution in [2.45, 2.75) is 34.6 Å². The van der Waals surface area contributed by atoms with Crippen LogP contribution in [0.3, 0.4) is 0 Å². The number of hydrogen-bond acceptors (Lipinski definition) is 2. The van der Waals surface area contributed by atoms with Gasteiger partial charge in [-0.1, -0.05) is 31.9 Å². The van der Waals surface area contributed by atoms with E-state index in [0.717, 1.165) is 12.8 Å². The summed E-state index contributed by atoms with van der Waals surface area (Å²) in [6.07, 6.45) is 3.14. The number of fused-ring (bicyclic) bond motifs is 1. The standard InChI is InChI=1S/C7H11Br2NO2S/c1-13(11,12)10-6-2-4(8)5(9)3-7(6)10/h4-7H,2-3H2,1H3/t4-,5-,6-,7+,10?/m0/s1. The van der Waals surface area contributed by atoms with Gasteiger partial charge in [-0.25, -0.2) is 8.42 Å². The van der Waals surface area contributed by atoms with Gasteiger partial charge in [0.1, 0.15) is 0 Å². The minimum Gasteiger partial charge on any atom is -0.212 e. The molecule has 1 saturated heterocycles. The average Bonchev–Trinajstić information content (AvgIpc) is 2.60. The SMILES string of the molecule is CS(=O)(=O)N1[C@@H]2C[C@H](Br)[C@@H](Br)C[C@@H]21. The molecule has 0 amide bonds. The molecule has 0 bridgehead atoms. The highest BCUT2D eigenvalue weighted by Gasteiger charge is 2.57. The molecular formula is C7H11Br2NO2S. The van der Waals surface area contributed by atoms with Crippen molar-refractivity contribution in [1.29, 1.82) is 0 Å². The summed E-state index contributed by atoms with van der Waals surface area (Å²) in [6, 6.07) is 0.515. The molecule has 0 N–H and O–H groups in total. The third-order valence-corrected chi connectivity index (χ3v) is 6.76. The summed E-state index contributed by atoms with van der Waals surface area (Å²) in [7, 11) is -2.97. The fourth-order valence-corrected chi connectivity index (χ4v) is 4.66. The molecule has 1 aliphatic carbocycles. The van der Waals surface area contributed by atoms with Gasteiger partial charge in [0.2, 0.25) is 10.0 Å². The Labute approximate surface area is 95.2 Å². The molecule has 2 aliphatic rings. The number of hydrogen-bond donors (Lipinski definition) is 0. The van der Waals surface area contributed by atoms with E-state index in [2.05, 4.69) is 31.9 Å². The van der Waals surface area contributed by atoms with E-state index in [1.54, 1.807) is 4.31 Å². The minimum atomic E-state index is -2.97. The van der Waals surface area contributed by atoms with Gasteiger partial charge in [0.05, 0.1) is 6.26 Å². The van der Waals surface area contributed by atoms with Crippen LogP contribution in [-0.4, -0.2) is 40.7 Å². The Morgan fingerprint density at radius 3 is 1.85 bits per heavy atom. The van der Waals surface area contributed by atoms with Gasteiger partial charge < -0.3 is 0 Å². The highest BCUT2D eigenvalue weighted by molar-refractivity contribution is 9.12. The predicted octanol–water partition coefficient (Wildman–Crippen LogP) is 1.32. The Balaban J connectivity index is 2.11. The zero-order valence-electron chi connectivity index (χ0n) is 7.15. The lowest BCUT2D eigenvalue weighted by Gasteiger charge is -2.19. The molecule has 2 rings (SSSR count). The maximum atomic E-state index is 11.3. The molecule has 0 radical (unpaired) electrons. The van der Waals surface area contributed by atoms with Gasteiger partial charge in [-0.2, -0.15) is 4.31 Å². The highest BCUT2D eigenvalue weighted by atomic mass is 79.9. The molecule has 0 aromatic rings. The second-order valence-corrected chi connectivity index (χ2v) is 7.97. The zero-order chi connectivity index (χ0) is 9.80. The summed E-state index contributed by atoms with van der Waals surface area (Å²) in [5.74, 6) is 0. The fourth-order valence-electron chi connectivity index (χ4n) is 2.08. The van der Waals surface area contributed by atoms with Gasteiger partial charge in [0.25, 0.3) is 0 Å². The topological polar surface area (TPSA) is 37.1 Å². The number of halogens is 2. The van der Waals surface area contributed by atoms with E-state index in [-0.39, 0.29) is 12.1 Å². The van der Waals surface area contributed by atoms with Crippen LogP contribution < -0.4 is 0 Å². The maximum absolute atomic E-state index is 11.3. The first kappa shape index (κ1) is 10.4. The Bertz CT molecular complexity index is 302. The lowest BCUT2D eigenvalue weighted by Crippen LogP contribution is -2.24. The van der Waals surface area contributed by atoms with Crippen molar-refractivity contribution < 1.29 is 8.42 Å². The van der Waals surface area contributed by atoms with Gasteiger partial charge in [0.15, 0.2) is 0 Å². The molecule has 1 aliphatic heterocycles. The van der Waals surface area contributed by atoms with Gasteiger partial charge in [-0.15, -0.1) is 0 Å². The van der Waals surface area contributed by atoms with Crippen LogP contribution in [0.25, 0.3) is 0 Å². The first-order valence-corrected chi connectivity index (χ1v) is 7.86. The maximum Gasteiger partial charge on any atom is 0.211 e. The Morgan fingerprint density at radius 1 is 1.15 bits per heavy atom. The second-order valence-electron chi connectivity index (χ2n) is 3.73. The predicted molar refractivity (Wildman–Crippen MR) is 58.9 cm³/mol. The summed E-state index contributed by atoms with van der Waals surface area (Å²) in [4.78, 5) is 0.806. The highest BCUT2D eigenvalue weighted by Crippen LogP contribution is 2.46. The summed E-state index contributed by atoms with van der Waals surface area (Å²) >= 11 is 7.09. The van der Waals surface area contributed by atoms with Crippen molar-refractivity contribution in [3.05, 3.63) is 0 Å². The Hall–Kier alpha value is 0.870. The van der Waals surface area contributed by atoms with E-state index in [1.807, 2.05) is 0 Å². The quantitative estimate of drug-likeness (QED) is 0.536. The van der Waals surface area contributed by atoms with E-state index in [9.17, 15) is 8.42 Å². The molecule has 76 valence electrons. The van der Waals surface area contributed by atoms with Crippen molar-refractivity contribution >= 4 is 41.9 Å². The lowest BCUT2D eigenvalue weighted by molar-refractivity contribution is 0.552. The zero-order valence-corrected chi connectivity index (χ0v) is 11.1. The third-order valence-electron chi connectivity index (χ3n) is 2.72. The molecule has 2 fully saturated rings. The molecule has 0 aromatic heterocycles. The molecule has 0 aromatic carbocycles. The lowest BCUT2D eigenvalue weighted by atomic mass is 10.0. The first-order chi connectivity index (χ1) is 5.91. The first-order valence-electron chi connectivity index (χ1n) is 4.18. The smallest absolute Gasteiger partial charge is 0.211 e. The van der Waals surface area contributed by atoms with Crippen molar-refractivity contribution in [1.82, 2.24) is 4.31 Å². The molecular weight excluding hydrogens is 322 g/mol. The van der Waals surface area contributed by atoms with E-state index >= 15 is 0 Å². The summed E-state index contributed by atoms with van der Waals surface area (Å²) in [5, 5.41) is 0. The largest absolute Gasteiger partial charge is 0.212 e. The van der Waals surface area contributed by atoms with Crippen molar-refractivity contribution in [3.8, 4) is 0 Å². The minimum absolute atomic E-state index is 0.258. The van der Waals surface area contributed by atoms with Gasteiger partial charge in [0, 0.05) is 21.7 Å². The van der Waals surface area contributed by atoms with E-state index in [1.165, 1.54) is 6.26 Å². The fraction of sp³-hybridized carbons (Fsp3) is 1.00. The van der Waals surface area contributed by atoms with Crippen LogP contribution >= 0.6 is 31.9 Å². The third kappa shape index (κ3) is 1.82. The number of alkyl halides is 2. The summed E-state index contributed by atoms with van der Waals surface area (Å²) in [6.45, 7) is 0. The van der Waals surface area contributed by atoms with Crippen molar-refractivity contribution in [2.24, 2.45) is 0 Å². The van der Waals surface area contributed by atoms with Crippen molar-refractivity contribution in [2.75, 3.05) is 6.26 Å². The molecule has 13 heavy (non-hydrogen) atoms. The summed E-state index contributed by atoms with van der Waals surface area (Å²) < 4.78 is 24.2. The van der Waals surface area contributed by atoms with Gasteiger partial charge in [-0.3, -0.25) is 0 Å². The summed E-state index contributed by atoms with van der Waals surface area (Å²) in [5.41, 5.74) is 0. The number of sulfonamides is 1. The molecule has 3 nitrogen and oxygen atoms in total. The van der Waals surface area contributed by atoms with Crippen LogP contribution in [0.5, 0.6) is 0 Å². The molecule has 6 heteroatoms. The molecule has 5 atom stereocenters. The molecule has 1 unspecified atom stereocenters. The van der Waals surface area contributed by atoms with E-state index in [0.29, 0.717) is 9.65 Å². The van der Waals surface area contributed by atoms with Gasteiger partial charge >= 0.3 is 0 Å². The average molecular weight is 333 g/mol. The number of rotatable bonds is 1. The molecule has 1 heterocycles. The van der Waals surface area contributed by atoms with Crippen LogP contribution in [0.15, 0.2) is 0 Å². The van der Waals surface area contributed by atoms with Crippen LogP contribution in [0.2, 0.25) is 0 Å². The molecule has 1 saturated carbocycles. The second kappa shape index (κ2) is 3.18. The Kier molecular flexibility index (Phi) is 2.54. The molecule has 0 spiro atoms. The monoisotopic (exact) mass is 331 g/mol. The van der Waals surface area contributed by atoms with E-state index in [4.69, 9.17) is 0 Å².